The lowest BCUT2D eigenvalue weighted by molar-refractivity contribution is 0.0781. The predicted molar refractivity (Wildman–Crippen MR) is 69.0 cm³/mol. The Morgan fingerprint density at radius 1 is 1.59 bits per heavy atom. The highest BCUT2D eigenvalue weighted by Gasteiger charge is 2.26. The number of likely N-dealkylation sites (tertiary alicyclic amines) is 1. The average Bonchev–Trinajstić information content (AvgIpc) is 2.99. The number of rotatable bonds is 2. The maximum Gasteiger partial charge on any atom is 0.274 e. The molecular formula is C13H23N3O. The van der Waals surface area contributed by atoms with Crippen molar-refractivity contribution >= 4 is 5.91 Å². The number of aryl methyl sites for hydroxylation is 1. The van der Waals surface area contributed by atoms with Crippen molar-refractivity contribution in [1.29, 1.82) is 0 Å². The van der Waals surface area contributed by atoms with Crippen LogP contribution in [0.25, 0.3) is 0 Å². The SMILES string of the molecule is CC.CCC1CCN(C(=O)c2cc(C)[nH]n2)C1. The number of nitrogens with zero attached hydrogens (tertiary/aromatic N) is 2. The van der Waals surface area contributed by atoms with E-state index in [1.807, 2.05) is 31.7 Å². The van der Waals surface area contributed by atoms with Crippen molar-refractivity contribution in [3.8, 4) is 0 Å². The van der Waals surface area contributed by atoms with Gasteiger partial charge in [-0.3, -0.25) is 9.89 Å². The van der Waals surface area contributed by atoms with E-state index in [2.05, 4.69) is 17.1 Å². The van der Waals surface area contributed by atoms with Crippen LogP contribution in [0.3, 0.4) is 0 Å². The molecule has 0 aromatic carbocycles. The summed E-state index contributed by atoms with van der Waals surface area (Å²) in [7, 11) is 0. The third-order valence-electron chi connectivity index (χ3n) is 3.08. The van der Waals surface area contributed by atoms with Crippen LogP contribution in [0.1, 0.15) is 49.8 Å². The van der Waals surface area contributed by atoms with Crippen molar-refractivity contribution in [3.05, 3.63) is 17.5 Å². The molecule has 96 valence electrons. The molecule has 0 radical (unpaired) electrons. The van der Waals surface area contributed by atoms with Crippen molar-refractivity contribution in [1.82, 2.24) is 15.1 Å². The molecule has 0 bridgehead atoms. The zero-order valence-electron chi connectivity index (χ0n) is 11.3. The third-order valence-corrected chi connectivity index (χ3v) is 3.08. The number of nitrogens with one attached hydrogen (secondary N) is 1. The molecule has 0 saturated carbocycles. The van der Waals surface area contributed by atoms with Crippen LogP contribution in [0.4, 0.5) is 0 Å². The van der Waals surface area contributed by atoms with Crippen molar-refractivity contribution in [3.63, 3.8) is 0 Å². The minimum atomic E-state index is 0.0651. The van der Waals surface area contributed by atoms with Gasteiger partial charge in [0.15, 0.2) is 0 Å². The molecular weight excluding hydrogens is 214 g/mol. The number of aromatic nitrogens is 2. The molecule has 1 aliphatic rings. The average molecular weight is 237 g/mol. The molecule has 2 rings (SSSR count). The Morgan fingerprint density at radius 3 is 2.76 bits per heavy atom. The molecule has 1 aromatic heterocycles. The van der Waals surface area contributed by atoms with E-state index >= 15 is 0 Å². The smallest absolute Gasteiger partial charge is 0.274 e. The highest BCUT2D eigenvalue weighted by atomic mass is 16.2. The molecule has 4 heteroatoms. The van der Waals surface area contributed by atoms with Gasteiger partial charge in [0.1, 0.15) is 5.69 Å². The summed E-state index contributed by atoms with van der Waals surface area (Å²) in [5.41, 5.74) is 1.48. The van der Waals surface area contributed by atoms with Gasteiger partial charge in [-0.25, -0.2) is 0 Å². The molecule has 1 saturated heterocycles. The maximum atomic E-state index is 12.0. The number of carbonyl (C=O) groups excluding carboxylic acids is 1. The lowest BCUT2D eigenvalue weighted by Crippen LogP contribution is -2.28. The summed E-state index contributed by atoms with van der Waals surface area (Å²) in [5.74, 6) is 0.740. The Balaban J connectivity index is 0.000000686. The van der Waals surface area contributed by atoms with E-state index in [0.29, 0.717) is 11.6 Å². The third kappa shape index (κ3) is 3.32. The van der Waals surface area contributed by atoms with E-state index in [1.54, 1.807) is 0 Å². The molecule has 4 nitrogen and oxygen atoms in total. The van der Waals surface area contributed by atoms with Crippen molar-refractivity contribution in [2.24, 2.45) is 5.92 Å². The van der Waals surface area contributed by atoms with E-state index in [4.69, 9.17) is 0 Å². The normalized spacial score (nSPS) is 18.8. The van der Waals surface area contributed by atoms with E-state index in [1.165, 1.54) is 0 Å². The van der Waals surface area contributed by atoms with E-state index in [9.17, 15) is 4.79 Å². The second-order valence-corrected chi connectivity index (χ2v) is 4.25. The van der Waals surface area contributed by atoms with Gasteiger partial charge in [0, 0.05) is 18.8 Å². The Morgan fingerprint density at radius 2 is 2.29 bits per heavy atom. The molecule has 1 N–H and O–H groups in total. The number of carbonyl (C=O) groups is 1. The molecule has 1 aromatic rings. The minimum absolute atomic E-state index is 0.0651. The zero-order valence-corrected chi connectivity index (χ0v) is 11.3. The lowest BCUT2D eigenvalue weighted by Gasteiger charge is -2.14. The van der Waals surface area contributed by atoms with Crippen LogP contribution in [-0.2, 0) is 0 Å². The van der Waals surface area contributed by atoms with Crippen LogP contribution < -0.4 is 0 Å². The topological polar surface area (TPSA) is 49.0 Å². The van der Waals surface area contributed by atoms with E-state index in [-0.39, 0.29) is 5.91 Å². The van der Waals surface area contributed by atoms with Gasteiger partial charge in [-0.1, -0.05) is 27.2 Å². The molecule has 1 atom stereocenters. The molecule has 0 spiro atoms. The summed E-state index contributed by atoms with van der Waals surface area (Å²) in [4.78, 5) is 13.9. The van der Waals surface area contributed by atoms with Gasteiger partial charge in [-0.15, -0.1) is 0 Å². The first-order chi connectivity index (χ1) is 8.20. The quantitative estimate of drug-likeness (QED) is 0.859. The van der Waals surface area contributed by atoms with Crippen LogP contribution in [0.15, 0.2) is 6.07 Å². The summed E-state index contributed by atoms with van der Waals surface area (Å²) in [6.07, 6.45) is 2.29. The van der Waals surface area contributed by atoms with Gasteiger partial charge in [0.2, 0.25) is 0 Å². The van der Waals surface area contributed by atoms with Gasteiger partial charge in [-0.2, -0.15) is 5.10 Å². The second-order valence-electron chi connectivity index (χ2n) is 4.25. The van der Waals surface area contributed by atoms with Gasteiger partial charge < -0.3 is 4.90 Å². The predicted octanol–water partition coefficient (Wildman–Crippen LogP) is 2.62. The number of amides is 1. The Bertz CT molecular complexity index is 359. The summed E-state index contributed by atoms with van der Waals surface area (Å²) in [6.45, 7) is 9.85. The van der Waals surface area contributed by atoms with Gasteiger partial charge in [-0.05, 0) is 25.3 Å². The van der Waals surface area contributed by atoms with Crippen LogP contribution in [-0.4, -0.2) is 34.1 Å². The number of hydrogen-bond acceptors (Lipinski definition) is 2. The van der Waals surface area contributed by atoms with Gasteiger partial charge in [0.25, 0.3) is 5.91 Å². The molecule has 17 heavy (non-hydrogen) atoms. The fraction of sp³-hybridized carbons (Fsp3) is 0.692. The molecule has 0 aliphatic carbocycles. The highest BCUT2D eigenvalue weighted by Crippen LogP contribution is 2.20. The number of hydrogen-bond donors (Lipinski definition) is 1. The second kappa shape index (κ2) is 6.42. The van der Waals surface area contributed by atoms with Crippen molar-refractivity contribution in [2.75, 3.05) is 13.1 Å². The van der Waals surface area contributed by atoms with Crippen molar-refractivity contribution < 1.29 is 4.79 Å². The maximum absolute atomic E-state index is 12.0. The van der Waals surface area contributed by atoms with Crippen LogP contribution in [0, 0.1) is 12.8 Å². The first kappa shape index (κ1) is 13.7. The Kier molecular flexibility index (Phi) is 5.19. The summed E-state index contributed by atoms with van der Waals surface area (Å²) in [6, 6.07) is 1.81. The number of aromatic amines is 1. The molecule has 1 unspecified atom stereocenters. The fourth-order valence-corrected chi connectivity index (χ4v) is 2.04. The molecule has 2 heterocycles. The van der Waals surface area contributed by atoms with E-state index < -0.39 is 0 Å². The Labute approximate surface area is 103 Å². The first-order valence-corrected chi connectivity index (χ1v) is 6.52. The summed E-state index contributed by atoms with van der Waals surface area (Å²) >= 11 is 0. The van der Waals surface area contributed by atoms with Crippen LogP contribution in [0.2, 0.25) is 0 Å². The highest BCUT2D eigenvalue weighted by molar-refractivity contribution is 5.92. The fourth-order valence-electron chi connectivity index (χ4n) is 2.04. The lowest BCUT2D eigenvalue weighted by atomic mass is 10.1. The van der Waals surface area contributed by atoms with E-state index in [0.717, 1.165) is 31.6 Å². The van der Waals surface area contributed by atoms with Crippen LogP contribution in [0.5, 0.6) is 0 Å². The number of H-pyrrole nitrogens is 1. The van der Waals surface area contributed by atoms with Gasteiger partial charge in [0.05, 0.1) is 0 Å². The molecule has 1 aliphatic heterocycles. The standard InChI is InChI=1S/C11H17N3O.C2H6/c1-3-9-4-5-14(7-9)11(15)10-6-8(2)12-13-10;1-2/h6,9H,3-5,7H2,1-2H3,(H,12,13);1-2H3. The largest absolute Gasteiger partial charge is 0.337 e. The first-order valence-electron chi connectivity index (χ1n) is 6.52. The molecule has 1 amide bonds. The monoisotopic (exact) mass is 237 g/mol. The van der Waals surface area contributed by atoms with Crippen LogP contribution >= 0.6 is 0 Å². The summed E-state index contributed by atoms with van der Waals surface area (Å²) < 4.78 is 0. The minimum Gasteiger partial charge on any atom is -0.337 e. The molecule has 1 fully saturated rings. The van der Waals surface area contributed by atoms with Crippen molar-refractivity contribution in [2.45, 2.75) is 40.5 Å². The van der Waals surface area contributed by atoms with Gasteiger partial charge >= 0.3 is 0 Å². The Hall–Kier alpha value is -1.32. The zero-order chi connectivity index (χ0) is 12.8. The summed E-state index contributed by atoms with van der Waals surface area (Å²) in [5, 5.41) is 6.80.